The van der Waals surface area contributed by atoms with Crippen LogP contribution in [0.15, 0.2) is 11.6 Å². The molecular weight excluding hydrogens is 202 g/mol. The first-order valence-electron chi connectivity index (χ1n) is 5.61. The summed E-state index contributed by atoms with van der Waals surface area (Å²) < 4.78 is 0. The molecule has 0 aromatic carbocycles. The van der Waals surface area contributed by atoms with Crippen LogP contribution in [0.25, 0.3) is 0 Å². The maximum atomic E-state index is 5.51. The highest BCUT2D eigenvalue weighted by Crippen LogP contribution is 2.28. The van der Waals surface area contributed by atoms with Crippen LogP contribution in [-0.2, 0) is 0 Å². The fourth-order valence-corrected chi connectivity index (χ4v) is 2.65. The smallest absolute Gasteiger partial charge is 0.0168 e. The predicted molar refractivity (Wildman–Crippen MR) is 70.2 cm³/mol. The van der Waals surface area contributed by atoms with Gasteiger partial charge in [0, 0.05) is 29.3 Å². The van der Waals surface area contributed by atoms with Gasteiger partial charge in [-0.2, -0.15) is 12.6 Å². The van der Waals surface area contributed by atoms with Gasteiger partial charge in [0.1, 0.15) is 0 Å². The Hall–Kier alpha value is -0.390. The number of allylic oxidation sites excluding steroid dienone is 1. The summed E-state index contributed by atoms with van der Waals surface area (Å²) in [5.41, 5.74) is 1.17. The molecule has 1 nitrogen and oxygen atoms in total. The maximum Gasteiger partial charge on any atom is 0.0168 e. The highest BCUT2D eigenvalue weighted by atomic mass is 32.1. The normalized spacial score (nSPS) is 28.4. The second-order valence-corrected chi connectivity index (χ2v) is 5.41. The number of terminal acetylenes is 1. The molecular formula is C13H21NS. The Morgan fingerprint density at radius 1 is 1.73 bits per heavy atom. The summed E-state index contributed by atoms with van der Waals surface area (Å²) in [5, 5.41) is 0.419. The van der Waals surface area contributed by atoms with Crippen molar-refractivity contribution in [2.45, 2.75) is 38.0 Å². The van der Waals surface area contributed by atoms with Crippen molar-refractivity contribution in [2.75, 3.05) is 13.6 Å². The fraction of sp³-hybridized carbons (Fsp3) is 0.692. The van der Waals surface area contributed by atoms with Gasteiger partial charge in [0.2, 0.25) is 0 Å². The van der Waals surface area contributed by atoms with E-state index in [1.165, 1.54) is 12.0 Å². The van der Waals surface area contributed by atoms with Gasteiger partial charge in [-0.3, -0.25) is 0 Å². The van der Waals surface area contributed by atoms with E-state index >= 15 is 0 Å². The second kappa shape index (κ2) is 5.63. The Balaban J connectivity index is 2.64. The van der Waals surface area contributed by atoms with Crippen LogP contribution in [0.2, 0.25) is 0 Å². The van der Waals surface area contributed by atoms with Crippen LogP contribution in [0.3, 0.4) is 0 Å². The molecule has 0 saturated carbocycles. The first kappa shape index (κ1) is 12.7. The molecule has 0 amide bonds. The van der Waals surface area contributed by atoms with Gasteiger partial charge >= 0.3 is 0 Å². The minimum absolute atomic E-state index is 0.419. The molecule has 0 spiro atoms. The van der Waals surface area contributed by atoms with Crippen molar-refractivity contribution >= 4 is 12.6 Å². The number of hydrogen-bond acceptors (Lipinski definition) is 2. The molecule has 0 heterocycles. The van der Waals surface area contributed by atoms with Crippen LogP contribution < -0.4 is 0 Å². The molecule has 1 rings (SSSR count). The van der Waals surface area contributed by atoms with E-state index in [2.05, 4.69) is 50.4 Å². The van der Waals surface area contributed by atoms with Crippen molar-refractivity contribution in [3.05, 3.63) is 11.6 Å². The molecule has 0 aromatic heterocycles. The summed E-state index contributed by atoms with van der Waals surface area (Å²) in [7, 11) is 2.17. The van der Waals surface area contributed by atoms with E-state index in [0.717, 1.165) is 13.0 Å². The standard InChI is InChI=1S/C13H21NS/c1-5-12-7-6-8-13(11(12)3)14(4)9-10(2)15/h1,7,10-11,13,15H,6,8-9H2,2-4H3. The van der Waals surface area contributed by atoms with E-state index in [1.807, 2.05) is 0 Å². The van der Waals surface area contributed by atoms with E-state index in [1.54, 1.807) is 0 Å². The van der Waals surface area contributed by atoms with Gasteiger partial charge in [-0.25, -0.2) is 0 Å². The minimum atomic E-state index is 0.419. The van der Waals surface area contributed by atoms with E-state index in [-0.39, 0.29) is 0 Å². The molecule has 0 fully saturated rings. The Morgan fingerprint density at radius 2 is 2.40 bits per heavy atom. The molecule has 1 aliphatic carbocycles. The van der Waals surface area contributed by atoms with Crippen LogP contribution >= 0.6 is 12.6 Å². The number of rotatable bonds is 3. The van der Waals surface area contributed by atoms with Crippen LogP contribution in [0.1, 0.15) is 26.7 Å². The van der Waals surface area contributed by atoms with Crippen molar-refractivity contribution < 1.29 is 0 Å². The molecule has 2 heteroatoms. The molecule has 3 unspecified atom stereocenters. The summed E-state index contributed by atoms with van der Waals surface area (Å²) in [5.74, 6) is 3.29. The molecule has 0 N–H and O–H groups in total. The zero-order chi connectivity index (χ0) is 11.4. The van der Waals surface area contributed by atoms with Crippen molar-refractivity contribution in [3.8, 4) is 12.3 Å². The second-order valence-electron chi connectivity index (χ2n) is 4.53. The topological polar surface area (TPSA) is 3.24 Å². The summed E-state index contributed by atoms with van der Waals surface area (Å²) in [6.45, 7) is 5.39. The maximum absolute atomic E-state index is 5.51. The lowest BCUT2D eigenvalue weighted by atomic mass is 9.84. The third-order valence-electron chi connectivity index (χ3n) is 3.18. The Morgan fingerprint density at radius 3 is 2.93 bits per heavy atom. The van der Waals surface area contributed by atoms with E-state index in [0.29, 0.717) is 17.2 Å². The van der Waals surface area contributed by atoms with Crippen LogP contribution in [0.4, 0.5) is 0 Å². The third-order valence-corrected chi connectivity index (χ3v) is 3.34. The average Bonchev–Trinajstić information content (AvgIpc) is 2.17. The SMILES string of the molecule is C#CC1=CCCC(N(C)CC(C)S)C1C. The van der Waals surface area contributed by atoms with E-state index in [9.17, 15) is 0 Å². The molecule has 84 valence electrons. The lowest BCUT2D eigenvalue weighted by Crippen LogP contribution is -2.41. The average molecular weight is 223 g/mol. The largest absolute Gasteiger partial charge is 0.302 e. The van der Waals surface area contributed by atoms with E-state index in [4.69, 9.17) is 6.42 Å². The van der Waals surface area contributed by atoms with Gasteiger partial charge in [-0.1, -0.05) is 25.8 Å². The molecule has 0 radical (unpaired) electrons. The van der Waals surface area contributed by atoms with Crippen LogP contribution in [-0.4, -0.2) is 29.8 Å². The van der Waals surface area contributed by atoms with E-state index < -0.39 is 0 Å². The molecule has 1 aliphatic rings. The summed E-state index contributed by atoms with van der Waals surface area (Å²) in [6.07, 6.45) is 10.0. The van der Waals surface area contributed by atoms with Crippen LogP contribution in [0, 0.1) is 18.3 Å². The molecule has 0 saturated heterocycles. The van der Waals surface area contributed by atoms with Crippen LogP contribution in [0.5, 0.6) is 0 Å². The molecule has 0 bridgehead atoms. The summed E-state index contributed by atoms with van der Waals surface area (Å²) in [6, 6.07) is 0.579. The number of nitrogens with zero attached hydrogens (tertiary/aromatic N) is 1. The van der Waals surface area contributed by atoms with Crippen molar-refractivity contribution in [3.63, 3.8) is 0 Å². The van der Waals surface area contributed by atoms with Crippen molar-refractivity contribution in [1.82, 2.24) is 4.90 Å². The quantitative estimate of drug-likeness (QED) is 0.568. The molecule has 0 aromatic rings. The summed E-state index contributed by atoms with van der Waals surface area (Å²) >= 11 is 4.44. The highest BCUT2D eigenvalue weighted by molar-refractivity contribution is 7.80. The minimum Gasteiger partial charge on any atom is -0.302 e. The monoisotopic (exact) mass is 223 g/mol. The Bertz CT molecular complexity index is 275. The molecule has 3 atom stereocenters. The third kappa shape index (κ3) is 3.29. The van der Waals surface area contributed by atoms with Gasteiger partial charge in [0.25, 0.3) is 0 Å². The predicted octanol–water partition coefficient (Wildman–Crippen LogP) is 2.59. The summed E-state index contributed by atoms with van der Waals surface area (Å²) in [4.78, 5) is 2.40. The van der Waals surface area contributed by atoms with Crippen molar-refractivity contribution in [1.29, 1.82) is 0 Å². The van der Waals surface area contributed by atoms with Crippen molar-refractivity contribution in [2.24, 2.45) is 5.92 Å². The van der Waals surface area contributed by atoms with Gasteiger partial charge in [-0.15, -0.1) is 6.42 Å². The number of hydrogen-bond donors (Lipinski definition) is 1. The first-order chi connectivity index (χ1) is 7.06. The van der Waals surface area contributed by atoms with Gasteiger partial charge in [0.05, 0.1) is 0 Å². The van der Waals surface area contributed by atoms with Gasteiger partial charge in [0.15, 0.2) is 0 Å². The Kier molecular flexibility index (Phi) is 4.76. The fourth-order valence-electron chi connectivity index (χ4n) is 2.40. The lowest BCUT2D eigenvalue weighted by Gasteiger charge is -2.36. The zero-order valence-electron chi connectivity index (χ0n) is 9.90. The molecule has 0 aliphatic heterocycles. The number of thiol groups is 1. The van der Waals surface area contributed by atoms with Gasteiger partial charge in [-0.05, 0) is 19.9 Å². The lowest BCUT2D eigenvalue weighted by molar-refractivity contribution is 0.187. The van der Waals surface area contributed by atoms with Gasteiger partial charge < -0.3 is 4.90 Å². The highest BCUT2D eigenvalue weighted by Gasteiger charge is 2.26. The molecule has 15 heavy (non-hydrogen) atoms. The Labute approximate surface area is 99.3 Å². The zero-order valence-corrected chi connectivity index (χ0v) is 10.8. The first-order valence-corrected chi connectivity index (χ1v) is 6.13.